The van der Waals surface area contributed by atoms with Crippen molar-refractivity contribution in [2.45, 2.75) is 20.8 Å². The van der Waals surface area contributed by atoms with Crippen molar-refractivity contribution in [3.8, 4) is 5.88 Å². The average Bonchev–Trinajstić information content (AvgIpc) is 2.26. The Morgan fingerprint density at radius 3 is 2.82 bits per heavy atom. The molecule has 6 heteroatoms. The van der Waals surface area contributed by atoms with Crippen LogP contribution >= 0.6 is 0 Å². The van der Waals surface area contributed by atoms with E-state index in [2.05, 4.69) is 20.6 Å². The molecule has 94 valence electrons. The third-order valence-electron chi connectivity index (χ3n) is 1.91. The Kier molecular flexibility index (Phi) is 5.19. The lowest BCUT2D eigenvalue weighted by molar-refractivity contribution is -0.119. The van der Waals surface area contributed by atoms with E-state index in [4.69, 9.17) is 4.74 Å². The molecule has 1 amide bonds. The van der Waals surface area contributed by atoms with Crippen LogP contribution in [-0.4, -0.2) is 35.6 Å². The number of aromatic nitrogens is 2. The van der Waals surface area contributed by atoms with Gasteiger partial charge in [0.2, 0.25) is 11.8 Å². The Morgan fingerprint density at radius 2 is 2.18 bits per heavy atom. The Labute approximate surface area is 101 Å². The molecule has 1 rings (SSSR count). The molecule has 6 nitrogen and oxygen atoms in total. The van der Waals surface area contributed by atoms with Crippen molar-refractivity contribution in [3.63, 3.8) is 0 Å². The summed E-state index contributed by atoms with van der Waals surface area (Å²) in [5, 5.41) is 5.62. The third kappa shape index (κ3) is 4.67. The summed E-state index contributed by atoms with van der Waals surface area (Å²) in [5.74, 6) is 1.64. The average molecular weight is 238 g/mol. The number of ether oxygens (including phenoxy) is 1. The van der Waals surface area contributed by atoms with E-state index < -0.39 is 0 Å². The van der Waals surface area contributed by atoms with E-state index in [9.17, 15) is 4.79 Å². The van der Waals surface area contributed by atoms with Crippen LogP contribution < -0.4 is 15.4 Å². The van der Waals surface area contributed by atoms with Crippen molar-refractivity contribution in [1.29, 1.82) is 0 Å². The fraction of sp³-hybridized carbons (Fsp3) is 0.545. The van der Waals surface area contributed by atoms with Crippen molar-refractivity contribution in [3.05, 3.63) is 11.9 Å². The van der Waals surface area contributed by atoms with Crippen molar-refractivity contribution in [2.75, 3.05) is 25.0 Å². The summed E-state index contributed by atoms with van der Waals surface area (Å²) in [6, 6.07) is 1.68. The highest BCUT2D eigenvalue weighted by molar-refractivity contribution is 5.80. The second-order valence-corrected chi connectivity index (χ2v) is 3.38. The van der Waals surface area contributed by atoms with Gasteiger partial charge in [-0.05, 0) is 20.8 Å². The zero-order valence-corrected chi connectivity index (χ0v) is 10.4. The lowest BCUT2D eigenvalue weighted by Gasteiger charge is -2.08. The summed E-state index contributed by atoms with van der Waals surface area (Å²) in [6.07, 6.45) is 0. The molecule has 17 heavy (non-hydrogen) atoms. The minimum absolute atomic E-state index is 0.0678. The van der Waals surface area contributed by atoms with Gasteiger partial charge in [-0.3, -0.25) is 4.79 Å². The Bertz CT molecular complexity index is 382. The SMILES string of the molecule is CCNC(=O)CNc1cc(OCC)nc(C)n1. The summed E-state index contributed by atoms with van der Waals surface area (Å²) in [7, 11) is 0. The first-order chi connectivity index (χ1) is 8.15. The maximum Gasteiger partial charge on any atom is 0.239 e. The summed E-state index contributed by atoms with van der Waals surface area (Å²) < 4.78 is 5.29. The van der Waals surface area contributed by atoms with Crippen LogP contribution in [-0.2, 0) is 4.79 Å². The molecule has 0 bridgehead atoms. The number of hydrogen-bond donors (Lipinski definition) is 2. The largest absolute Gasteiger partial charge is 0.478 e. The van der Waals surface area contributed by atoms with Gasteiger partial charge < -0.3 is 15.4 Å². The molecular weight excluding hydrogens is 220 g/mol. The van der Waals surface area contributed by atoms with E-state index >= 15 is 0 Å². The van der Waals surface area contributed by atoms with E-state index in [1.165, 1.54) is 0 Å². The summed E-state index contributed by atoms with van der Waals surface area (Å²) >= 11 is 0. The van der Waals surface area contributed by atoms with Gasteiger partial charge in [0, 0.05) is 12.6 Å². The molecular formula is C11H18N4O2. The molecule has 1 aromatic rings. The van der Waals surface area contributed by atoms with Gasteiger partial charge in [-0.2, -0.15) is 4.98 Å². The summed E-state index contributed by atoms with van der Waals surface area (Å²) in [5.41, 5.74) is 0. The van der Waals surface area contributed by atoms with E-state index in [1.54, 1.807) is 13.0 Å². The lowest BCUT2D eigenvalue weighted by Crippen LogP contribution is -2.29. The number of carbonyl (C=O) groups excluding carboxylic acids is 1. The van der Waals surface area contributed by atoms with Crippen LogP contribution in [0.2, 0.25) is 0 Å². The van der Waals surface area contributed by atoms with Crippen molar-refractivity contribution in [1.82, 2.24) is 15.3 Å². The first-order valence-corrected chi connectivity index (χ1v) is 5.64. The Morgan fingerprint density at radius 1 is 1.41 bits per heavy atom. The molecule has 0 aliphatic rings. The van der Waals surface area contributed by atoms with Crippen LogP contribution in [0.4, 0.5) is 5.82 Å². The van der Waals surface area contributed by atoms with Crippen LogP contribution in [0.15, 0.2) is 6.07 Å². The minimum atomic E-state index is -0.0678. The van der Waals surface area contributed by atoms with E-state index in [-0.39, 0.29) is 12.5 Å². The predicted octanol–water partition coefficient (Wildman–Crippen LogP) is 0.732. The second-order valence-electron chi connectivity index (χ2n) is 3.38. The number of anilines is 1. The molecule has 0 aliphatic carbocycles. The van der Waals surface area contributed by atoms with Gasteiger partial charge in [0.25, 0.3) is 0 Å². The predicted molar refractivity (Wildman–Crippen MR) is 65.1 cm³/mol. The highest BCUT2D eigenvalue weighted by atomic mass is 16.5. The maximum atomic E-state index is 11.3. The quantitative estimate of drug-likeness (QED) is 0.764. The number of hydrogen-bond acceptors (Lipinski definition) is 5. The molecule has 0 fully saturated rings. The Balaban J connectivity index is 2.61. The Hall–Kier alpha value is -1.85. The second kappa shape index (κ2) is 6.67. The zero-order chi connectivity index (χ0) is 12.7. The molecule has 0 spiro atoms. The van der Waals surface area contributed by atoms with Crippen LogP contribution in [0.25, 0.3) is 0 Å². The van der Waals surface area contributed by atoms with Gasteiger partial charge >= 0.3 is 0 Å². The molecule has 1 aromatic heterocycles. The van der Waals surface area contributed by atoms with Gasteiger partial charge in [0.05, 0.1) is 13.2 Å². The number of amides is 1. The lowest BCUT2D eigenvalue weighted by atomic mass is 10.5. The molecule has 0 saturated carbocycles. The molecule has 1 heterocycles. The molecule has 0 radical (unpaired) electrons. The number of nitrogens with zero attached hydrogens (tertiary/aromatic N) is 2. The van der Waals surface area contributed by atoms with Crippen LogP contribution in [0.5, 0.6) is 5.88 Å². The maximum absolute atomic E-state index is 11.3. The van der Waals surface area contributed by atoms with Crippen LogP contribution in [0.1, 0.15) is 19.7 Å². The molecule has 0 aromatic carbocycles. The smallest absolute Gasteiger partial charge is 0.239 e. The first kappa shape index (κ1) is 13.2. The zero-order valence-electron chi connectivity index (χ0n) is 10.4. The first-order valence-electron chi connectivity index (χ1n) is 5.64. The molecule has 0 atom stereocenters. The highest BCUT2D eigenvalue weighted by Crippen LogP contribution is 2.12. The third-order valence-corrected chi connectivity index (χ3v) is 1.91. The van der Waals surface area contributed by atoms with Gasteiger partial charge in [-0.15, -0.1) is 0 Å². The van der Waals surface area contributed by atoms with Crippen molar-refractivity contribution < 1.29 is 9.53 Å². The van der Waals surface area contributed by atoms with Crippen molar-refractivity contribution in [2.24, 2.45) is 0 Å². The fourth-order valence-electron chi connectivity index (χ4n) is 1.28. The molecule has 0 unspecified atom stereocenters. The number of carbonyl (C=O) groups is 1. The summed E-state index contributed by atoms with van der Waals surface area (Å²) in [6.45, 7) is 6.90. The minimum Gasteiger partial charge on any atom is -0.478 e. The molecule has 0 aliphatic heterocycles. The molecule has 0 saturated heterocycles. The highest BCUT2D eigenvalue weighted by Gasteiger charge is 2.04. The standard InChI is InChI=1S/C11H18N4O2/c1-4-12-10(16)7-13-9-6-11(17-5-2)15-8(3)14-9/h6H,4-5,7H2,1-3H3,(H,12,16)(H,13,14,15). The number of likely N-dealkylation sites (N-methyl/N-ethyl adjacent to an activating group) is 1. The molecule has 2 N–H and O–H groups in total. The van der Waals surface area contributed by atoms with Gasteiger partial charge in [-0.1, -0.05) is 0 Å². The number of rotatable bonds is 6. The summed E-state index contributed by atoms with van der Waals surface area (Å²) in [4.78, 5) is 19.5. The van der Waals surface area contributed by atoms with E-state index in [0.29, 0.717) is 30.7 Å². The van der Waals surface area contributed by atoms with Crippen LogP contribution in [0, 0.1) is 6.92 Å². The van der Waals surface area contributed by atoms with E-state index in [1.807, 2.05) is 13.8 Å². The van der Waals surface area contributed by atoms with Crippen molar-refractivity contribution >= 4 is 11.7 Å². The number of aryl methyl sites for hydroxylation is 1. The number of nitrogens with one attached hydrogen (secondary N) is 2. The van der Waals surface area contributed by atoms with Crippen LogP contribution in [0.3, 0.4) is 0 Å². The fourth-order valence-corrected chi connectivity index (χ4v) is 1.28. The van der Waals surface area contributed by atoms with Gasteiger partial charge in [-0.25, -0.2) is 4.98 Å². The van der Waals surface area contributed by atoms with Gasteiger partial charge in [0.1, 0.15) is 11.6 Å². The van der Waals surface area contributed by atoms with Gasteiger partial charge in [0.15, 0.2) is 0 Å². The monoisotopic (exact) mass is 238 g/mol. The topological polar surface area (TPSA) is 76.1 Å². The van der Waals surface area contributed by atoms with E-state index in [0.717, 1.165) is 0 Å². The normalized spacial score (nSPS) is 9.82.